The number of aromatic nitrogens is 4. The molecule has 4 rings (SSSR count). The van der Waals surface area contributed by atoms with E-state index in [1.165, 1.54) is 35.1 Å². The molecule has 0 amide bonds. The van der Waals surface area contributed by atoms with E-state index in [-0.39, 0.29) is 40.6 Å². The smallest absolute Gasteiger partial charge is 0.200 e. The molecule has 2 aliphatic rings. The molecule has 2 aromatic rings. The molecule has 2 unspecified atom stereocenters. The Balaban J connectivity index is 0.000000400. The first kappa shape index (κ1) is 54.1. The largest absolute Gasteiger partial charge is 0.379 e. The van der Waals surface area contributed by atoms with Crippen molar-refractivity contribution < 1.29 is 19.2 Å². The standard InChI is InChI=1S/C11H18N2OS.C10H17N3OS.2C10H15N3OS/c1-5-7(9(14)11(2,3)4)8-6-15-10(12)13-8;1-10(2,3)8(14)7(12-4)6-5-15-9(11)13-6;1-6-12-9(13-15-6)7(11-5)8(14)10(2,3)4;1-5-6(7(14)10(2,3)4)8-12-9(11)15-13-8/h5,8H,6H2,1-4H3,(H2,12,13);6H,5H2,1-4H3,(H2,11,13);1-5H3;5H,1-4H3,(H2,11,12,13)/b7-5-;;;6-5+. The Labute approximate surface area is 373 Å². The van der Waals surface area contributed by atoms with Crippen LogP contribution in [0.15, 0.2) is 37.7 Å². The van der Waals surface area contributed by atoms with E-state index in [2.05, 4.69) is 38.7 Å². The van der Waals surface area contributed by atoms with Gasteiger partial charge in [0.05, 0.1) is 11.6 Å². The minimum Gasteiger partial charge on any atom is -0.379 e. The van der Waals surface area contributed by atoms with Crippen molar-refractivity contribution in [3.63, 3.8) is 0 Å². The molecular weight excluding hydrogens is 839 g/mol. The van der Waals surface area contributed by atoms with Crippen molar-refractivity contribution in [1.29, 1.82) is 0 Å². The minimum absolute atomic E-state index is 0.0252. The number of nitrogens with two attached hydrogens (primary N) is 3. The van der Waals surface area contributed by atoms with E-state index in [1.807, 2.05) is 103 Å². The van der Waals surface area contributed by atoms with Gasteiger partial charge in [-0.15, -0.1) is 0 Å². The van der Waals surface area contributed by atoms with Crippen molar-refractivity contribution >= 4 is 102 Å². The Bertz CT molecular complexity index is 1890. The number of carbonyl (C=O) groups is 4. The van der Waals surface area contributed by atoms with Crippen molar-refractivity contribution in [2.24, 2.45) is 53.1 Å². The van der Waals surface area contributed by atoms with Gasteiger partial charge < -0.3 is 17.2 Å². The summed E-state index contributed by atoms with van der Waals surface area (Å²) in [5.74, 6) is 2.60. The summed E-state index contributed by atoms with van der Waals surface area (Å²) < 4.78 is 8.14. The number of allylic oxidation sites excluding steroid dienone is 3. The Morgan fingerprint density at radius 1 is 0.617 bits per heavy atom. The van der Waals surface area contributed by atoms with Crippen LogP contribution in [0.3, 0.4) is 0 Å². The number of amidine groups is 2. The van der Waals surface area contributed by atoms with Crippen molar-refractivity contribution in [2.75, 3.05) is 31.3 Å². The molecule has 2 aromatic heterocycles. The van der Waals surface area contributed by atoms with Crippen molar-refractivity contribution in [3.8, 4) is 0 Å². The zero-order valence-electron chi connectivity index (χ0n) is 38.3. The van der Waals surface area contributed by atoms with Gasteiger partial charge in [0, 0.05) is 64.4 Å². The van der Waals surface area contributed by atoms with Crippen LogP contribution in [-0.2, 0) is 19.2 Å². The number of nitrogens with zero attached hydrogens (tertiary/aromatic N) is 8. The minimum atomic E-state index is -0.450. The number of carbonyl (C=O) groups excluding carboxylic acids is 4. The van der Waals surface area contributed by atoms with E-state index in [9.17, 15) is 19.2 Å². The van der Waals surface area contributed by atoms with Crippen LogP contribution < -0.4 is 17.2 Å². The number of nitrogen functional groups attached to an aromatic ring is 1. The van der Waals surface area contributed by atoms with Crippen LogP contribution in [0.25, 0.3) is 5.57 Å². The zero-order valence-corrected chi connectivity index (χ0v) is 41.6. The van der Waals surface area contributed by atoms with Gasteiger partial charge in [0.25, 0.3) is 0 Å². The predicted octanol–water partition coefficient (Wildman–Crippen LogP) is 7.10. The molecule has 0 aliphatic carbocycles. The summed E-state index contributed by atoms with van der Waals surface area (Å²) in [7, 11) is 3.23. The molecule has 19 heteroatoms. The molecular formula is C41H65N11O4S4. The molecule has 0 spiro atoms. The van der Waals surface area contributed by atoms with Crippen LogP contribution in [0.5, 0.6) is 0 Å². The van der Waals surface area contributed by atoms with Crippen LogP contribution in [0.1, 0.15) is 114 Å². The fraction of sp³-hybridized carbons (Fsp3) is 0.610. The predicted molar refractivity (Wildman–Crippen MR) is 256 cm³/mol. The van der Waals surface area contributed by atoms with Gasteiger partial charge >= 0.3 is 0 Å². The third-order valence-electron chi connectivity index (χ3n) is 8.18. The Morgan fingerprint density at radius 3 is 1.40 bits per heavy atom. The molecule has 60 heavy (non-hydrogen) atoms. The van der Waals surface area contributed by atoms with Crippen molar-refractivity contribution in [2.45, 2.75) is 116 Å². The zero-order chi connectivity index (χ0) is 46.6. The lowest BCUT2D eigenvalue weighted by Gasteiger charge is -2.20. The summed E-state index contributed by atoms with van der Waals surface area (Å²) in [5.41, 5.74) is 17.3. The van der Waals surface area contributed by atoms with Gasteiger partial charge in [-0.2, -0.15) is 13.7 Å². The van der Waals surface area contributed by atoms with Crippen LogP contribution >= 0.6 is 46.6 Å². The number of rotatable bonds is 8. The van der Waals surface area contributed by atoms with E-state index in [1.54, 1.807) is 27.1 Å². The van der Waals surface area contributed by atoms with Crippen LogP contribution in [0, 0.1) is 28.6 Å². The summed E-state index contributed by atoms with van der Waals surface area (Å²) in [6.45, 7) is 28.2. The number of hydrogen-bond donors (Lipinski definition) is 3. The Hall–Kier alpha value is -3.94. The molecule has 0 fully saturated rings. The highest BCUT2D eigenvalue weighted by atomic mass is 32.2. The molecule has 4 heterocycles. The third-order valence-corrected chi connectivity index (χ3v) is 11.1. The lowest BCUT2D eigenvalue weighted by molar-refractivity contribution is -0.123. The number of anilines is 1. The second-order valence-electron chi connectivity index (χ2n) is 17.6. The molecule has 0 radical (unpaired) electrons. The summed E-state index contributed by atoms with van der Waals surface area (Å²) in [6.07, 6.45) is 3.59. The molecule has 0 bridgehead atoms. The van der Waals surface area contributed by atoms with Crippen LogP contribution in [-0.4, -0.2) is 101 Å². The van der Waals surface area contributed by atoms with Crippen LogP contribution in [0.2, 0.25) is 0 Å². The van der Waals surface area contributed by atoms with E-state index in [0.717, 1.165) is 33.6 Å². The number of Topliss-reactive ketones (excluding diaryl/α,β-unsaturated/α-hetero) is 4. The highest BCUT2D eigenvalue weighted by Gasteiger charge is 2.34. The number of hydrogen-bond acceptors (Lipinski definition) is 19. The Kier molecular flexibility index (Phi) is 20.5. The van der Waals surface area contributed by atoms with Crippen LogP contribution in [0.4, 0.5) is 5.13 Å². The fourth-order valence-corrected chi connectivity index (χ4v) is 7.41. The first-order valence-electron chi connectivity index (χ1n) is 19.2. The lowest BCUT2D eigenvalue weighted by atomic mass is 9.84. The van der Waals surface area contributed by atoms with Crippen molar-refractivity contribution in [1.82, 2.24) is 18.7 Å². The average molecular weight is 904 g/mol. The molecule has 0 saturated heterocycles. The highest BCUT2D eigenvalue weighted by Crippen LogP contribution is 2.29. The molecule has 0 saturated carbocycles. The van der Waals surface area contributed by atoms with Crippen molar-refractivity contribution in [3.05, 3.63) is 34.4 Å². The Morgan fingerprint density at radius 2 is 1.08 bits per heavy atom. The SMILES string of the molecule is C/C=C(\C(=O)C(C)(C)C)C1CSC(N)=N1.C/C=C(\C(=O)C(C)(C)C)c1nsc(N)n1.CN=C(C(=O)C(C)(C)C)C1CSC(N)=N1.CN=C(C(=O)C(C)(C)C)c1nsc(C)n1. The molecule has 2 aliphatic heterocycles. The van der Waals surface area contributed by atoms with E-state index in [4.69, 9.17) is 17.2 Å². The second-order valence-corrected chi connectivity index (χ2v) is 21.4. The number of aliphatic imine (C=N–C) groups is 4. The molecule has 332 valence electrons. The molecule has 15 nitrogen and oxygen atoms in total. The first-order valence-corrected chi connectivity index (χ1v) is 22.7. The average Bonchev–Trinajstić information content (AvgIpc) is 3.95. The van der Waals surface area contributed by atoms with E-state index >= 15 is 0 Å². The lowest BCUT2D eigenvalue weighted by Crippen LogP contribution is -2.36. The summed E-state index contributed by atoms with van der Waals surface area (Å²) in [4.78, 5) is 72.9. The fourth-order valence-electron chi connectivity index (χ4n) is 4.94. The maximum absolute atomic E-state index is 12.1. The topological polar surface area (TPSA) is 247 Å². The maximum atomic E-state index is 12.1. The molecule has 2 atom stereocenters. The quantitative estimate of drug-likeness (QED) is 0.177. The summed E-state index contributed by atoms with van der Waals surface area (Å²) >= 11 is 5.37. The van der Waals surface area contributed by atoms with Gasteiger partial charge in [-0.3, -0.25) is 39.1 Å². The van der Waals surface area contributed by atoms with E-state index in [0.29, 0.717) is 44.1 Å². The summed E-state index contributed by atoms with van der Waals surface area (Å²) in [5, 5.41) is 2.35. The highest BCUT2D eigenvalue weighted by molar-refractivity contribution is 8.14. The summed E-state index contributed by atoms with van der Waals surface area (Å²) in [6, 6.07) is -0.210. The van der Waals surface area contributed by atoms with Gasteiger partial charge in [-0.25, -0.2) is 4.98 Å². The number of aryl methyl sites for hydroxylation is 1. The van der Waals surface area contributed by atoms with Gasteiger partial charge in [0.1, 0.15) is 22.5 Å². The number of ketones is 4. The second kappa shape index (κ2) is 22.8. The van der Waals surface area contributed by atoms with E-state index < -0.39 is 16.2 Å². The molecule has 6 N–H and O–H groups in total. The first-order chi connectivity index (χ1) is 27.4. The van der Waals surface area contributed by atoms with Gasteiger partial charge in [-0.1, -0.05) is 119 Å². The van der Waals surface area contributed by atoms with Gasteiger partial charge in [-0.05, 0) is 32.3 Å². The third kappa shape index (κ3) is 16.5. The van der Waals surface area contributed by atoms with Gasteiger partial charge in [0.2, 0.25) is 0 Å². The monoisotopic (exact) mass is 903 g/mol. The molecule has 0 aromatic carbocycles. The van der Waals surface area contributed by atoms with Gasteiger partial charge in [0.15, 0.2) is 50.2 Å². The maximum Gasteiger partial charge on any atom is 0.200 e. The number of thioether (sulfide) groups is 2. The normalized spacial score (nSPS) is 17.9.